The number of ether oxygens (including phenoxy) is 3. The van der Waals surface area contributed by atoms with Gasteiger partial charge in [0.05, 0.1) is 28.0 Å². The number of likely N-dealkylation sites (N-methyl/N-ethyl adjacent to an activating group) is 1. The van der Waals surface area contributed by atoms with Crippen LogP contribution in [0.25, 0.3) is 0 Å². The lowest BCUT2D eigenvalue weighted by atomic mass is 10.1. The first-order valence-corrected chi connectivity index (χ1v) is 13.5. The Labute approximate surface area is 236 Å². The van der Waals surface area contributed by atoms with Crippen LogP contribution < -0.4 is 9.64 Å². The highest BCUT2D eigenvalue weighted by atomic mass is 35.5. The summed E-state index contributed by atoms with van der Waals surface area (Å²) < 4.78 is 16.3. The Hall–Kier alpha value is -3.69. The molecular weight excluding hydrogens is 540 g/mol. The fourth-order valence-electron chi connectivity index (χ4n) is 4.15. The summed E-state index contributed by atoms with van der Waals surface area (Å²) in [6, 6.07) is 21.9. The van der Waals surface area contributed by atoms with Crippen molar-refractivity contribution in [1.29, 1.82) is 0 Å². The second-order valence-electron chi connectivity index (χ2n) is 8.88. The molecule has 3 aromatic carbocycles. The van der Waals surface area contributed by atoms with Crippen LogP contribution in [0.1, 0.15) is 23.3 Å². The van der Waals surface area contributed by atoms with Gasteiger partial charge in [-0.25, -0.2) is 4.79 Å². The second-order valence-corrected chi connectivity index (χ2v) is 10.4. The van der Waals surface area contributed by atoms with E-state index >= 15 is 0 Å². The first kappa shape index (κ1) is 28.3. The van der Waals surface area contributed by atoms with Crippen molar-refractivity contribution in [2.24, 2.45) is 0 Å². The number of carbonyl (C=O) groups excluding carboxylic acids is 3. The van der Waals surface area contributed by atoms with Crippen molar-refractivity contribution in [3.63, 3.8) is 0 Å². The predicted octanol–water partition coefficient (Wildman–Crippen LogP) is 5.73. The van der Waals surface area contributed by atoms with Crippen LogP contribution in [0, 0.1) is 0 Å². The summed E-state index contributed by atoms with van der Waals surface area (Å²) in [5.74, 6) is -0.327. The van der Waals surface area contributed by atoms with E-state index in [0.717, 1.165) is 11.1 Å². The molecule has 1 aliphatic rings. The van der Waals surface area contributed by atoms with Gasteiger partial charge in [-0.1, -0.05) is 60.1 Å². The molecule has 1 heterocycles. The Morgan fingerprint density at radius 1 is 1.03 bits per heavy atom. The molecule has 0 saturated heterocycles. The number of esters is 1. The molecule has 2 atom stereocenters. The number of halogens is 1. The van der Waals surface area contributed by atoms with E-state index in [1.165, 1.54) is 28.5 Å². The standard InChI is InChI=1S/C29H29ClN2O6S/c1-19(33)38-25-26(21-12-14-22(36-3)15-13-21)39-27-23(30)10-7-11-24(27)32(28(25)34)17-16-31(2)29(35)37-18-20-8-5-4-6-9-20/h4-15,25-26H,16-18H2,1-3H3/t25-,26+/m1/s1. The molecule has 4 rings (SSSR count). The van der Waals surface area contributed by atoms with E-state index in [2.05, 4.69) is 0 Å². The second kappa shape index (κ2) is 12.9. The fourth-order valence-corrected chi connectivity index (χ4v) is 5.77. The van der Waals surface area contributed by atoms with E-state index in [1.807, 2.05) is 42.5 Å². The maximum absolute atomic E-state index is 14.0. The minimum atomic E-state index is -1.13. The van der Waals surface area contributed by atoms with Crippen molar-refractivity contribution in [2.45, 2.75) is 29.8 Å². The smallest absolute Gasteiger partial charge is 0.409 e. The lowest BCUT2D eigenvalue weighted by Crippen LogP contribution is -2.46. The number of fused-ring (bicyclic) bond motifs is 1. The number of benzene rings is 3. The quantitative estimate of drug-likeness (QED) is 0.321. The minimum absolute atomic E-state index is 0.136. The van der Waals surface area contributed by atoms with Crippen LogP contribution in [0.5, 0.6) is 5.75 Å². The maximum Gasteiger partial charge on any atom is 0.409 e. The molecule has 10 heteroatoms. The molecule has 0 radical (unpaired) electrons. The van der Waals surface area contributed by atoms with E-state index in [-0.39, 0.29) is 19.7 Å². The first-order chi connectivity index (χ1) is 18.8. The summed E-state index contributed by atoms with van der Waals surface area (Å²) >= 11 is 7.98. The number of hydrogen-bond acceptors (Lipinski definition) is 7. The Kier molecular flexibility index (Phi) is 9.37. The van der Waals surface area contributed by atoms with Gasteiger partial charge in [0.2, 0.25) is 0 Å². The summed E-state index contributed by atoms with van der Waals surface area (Å²) in [7, 11) is 3.18. The number of rotatable bonds is 8. The van der Waals surface area contributed by atoms with Crippen molar-refractivity contribution in [2.75, 3.05) is 32.1 Å². The van der Waals surface area contributed by atoms with Crippen LogP contribution in [0.2, 0.25) is 5.02 Å². The maximum atomic E-state index is 14.0. The molecule has 0 aromatic heterocycles. The van der Waals surface area contributed by atoms with E-state index < -0.39 is 29.3 Å². The van der Waals surface area contributed by atoms with E-state index in [9.17, 15) is 14.4 Å². The summed E-state index contributed by atoms with van der Waals surface area (Å²) in [4.78, 5) is 42.3. The predicted molar refractivity (Wildman–Crippen MR) is 150 cm³/mol. The summed E-state index contributed by atoms with van der Waals surface area (Å²) in [5, 5.41) is -0.0996. The number of amides is 2. The zero-order valence-corrected chi connectivity index (χ0v) is 23.4. The molecule has 39 heavy (non-hydrogen) atoms. The average molecular weight is 569 g/mol. The lowest BCUT2D eigenvalue weighted by Gasteiger charge is -2.29. The summed E-state index contributed by atoms with van der Waals surface area (Å²) in [6.07, 6.45) is -1.64. The fraction of sp³-hybridized carbons (Fsp3) is 0.276. The van der Waals surface area contributed by atoms with Gasteiger partial charge in [-0.2, -0.15) is 0 Å². The van der Waals surface area contributed by atoms with E-state index in [4.69, 9.17) is 25.8 Å². The zero-order valence-electron chi connectivity index (χ0n) is 21.8. The topological polar surface area (TPSA) is 85.4 Å². The largest absolute Gasteiger partial charge is 0.497 e. The van der Waals surface area contributed by atoms with Crippen molar-refractivity contribution in [1.82, 2.24) is 4.90 Å². The molecule has 0 spiro atoms. The molecule has 2 amide bonds. The van der Waals surface area contributed by atoms with Crippen molar-refractivity contribution in [3.8, 4) is 5.75 Å². The molecule has 8 nitrogen and oxygen atoms in total. The molecule has 204 valence electrons. The molecular formula is C29H29ClN2O6S. The van der Waals surface area contributed by atoms with Crippen LogP contribution in [0.4, 0.5) is 10.5 Å². The molecule has 0 saturated carbocycles. The molecule has 3 aromatic rings. The van der Waals surface area contributed by atoms with Crippen LogP contribution in [0.3, 0.4) is 0 Å². The Bertz CT molecular complexity index is 1320. The normalized spacial score (nSPS) is 16.6. The Morgan fingerprint density at radius 3 is 2.41 bits per heavy atom. The van der Waals surface area contributed by atoms with E-state index in [1.54, 1.807) is 44.5 Å². The molecule has 0 bridgehead atoms. The third kappa shape index (κ3) is 6.85. The van der Waals surface area contributed by atoms with Crippen molar-refractivity contribution >= 4 is 47.0 Å². The van der Waals surface area contributed by atoms with Gasteiger partial charge in [-0.3, -0.25) is 9.59 Å². The van der Waals surface area contributed by atoms with Gasteiger partial charge in [-0.05, 0) is 35.4 Å². The monoisotopic (exact) mass is 568 g/mol. The highest BCUT2D eigenvalue weighted by Crippen LogP contribution is 2.49. The Balaban J connectivity index is 1.59. The lowest BCUT2D eigenvalue weighted by molar-refractivity contribution is -0.152. The highest BCUT2D eigenvalue weighted by Gasteiger charge is 2.41. The number of anilines is 1. The van der Waals surface area contributed by atoms with Crippen LogP contribution in [-0.4, -0.2) is 56.2 Å². The van der Waals surface area contributed by atoms with Gasteiger partial charge in [0.25, 0.3) is 5.91 Å². The molecule has 0 N–H and O–H groups in total. The Morgan fingerprint density at radius 2 is 1.74 bits per heavy atom. The number of hydrogen-bond donors (Lipinski definition) is 0. The molecule has 1 aliphatic heterocycles. The molecule has 0 aliphatic carbocycles. The first-order valence-electron chi connectivity index (χ1n) is 12.3. The summed E-state index contributed by atoms with van der Waals surface area (Å²) in [5.41, 5.74) is 2.22. The van der Waals surface area contributed by atoms with Crippen molar-refractivity contribution in [3.05, 3.63) is 88.9 Å². The number of methoxy groups -OCH3 is 1. The summed E-state index contributed by atoms with van der Waals surface area (Å²) in [6.45, 7) is 1.72. The van der Waals surface area contributed by atoms with Gasteiger partial charge < -0.3 is 24.0 Å². The van der Waals surface area contributed by atoms with Gasteiger partial charge in [-0.15, -0.1) is 11.8 Å². The average Bonchev–Trinajstić information content (AvgIpc) is 3.05. The number of nitrogens with zero attached hydrogens (tertiary/aromatic N) is 2. The molecule has 0 fully saturated rings. The molecule has 0 unspecified atom stereocenters. The third-order valence-electron chi connectivity index (χ3n) is 6.18. The van der Waals surface area contributed by atoms with Crippen LogP contribution in [0.15, 0.2) is 77.7 Å². The zero-order chi connectivity index (χ0) is 27.9. The van der Waals surface area contributed by atoms with Gasteiger partial charge in [0.1, 0.15) is 12.4 Å². The van der Waals surface area contributed by atoms with Gasteiger partial charge >= 0.3 is 12.1 Å². The third-order valence-corrected chi connectivity index (χ3v) is 8.04. The number of carbonyl (C=O) groups is 3. The SMILES string of the molecule is COc1ccc([C@@H]2Sc3c(Cl)cccc3N(CCN(C)C(=O)OCc3ccccc3)C(=O)[C@@H]2OC(C)=O)cc1. The highest BCUT2D eigenvalue weighted by molar-refractivity contribution is 8.00. The minimum Gasteiger partial charge on any atom is -0.497 e. The van der Waals surface area contributed by atoms with E-state index in [0.29, 0.717) is 21.4 Å². The van der Waals surface area contributed by atoms with Gasteiger partial charge in [0, 0.05) is 27.1 Å². The van der Waals surface area contributed by atoms with Crippen molar-refractivity contribution < 1.29 is 28.6 Å². The van der Waals surface area contributed by atoms with Crippen LogP contribution >= 0.6 is 23.4 Å². The van der Waals surface area contributed by atoms with Gasteiger partial charge in [0.15, 0.2) is 6.10 Å². The number of thioether (sulfide) groups is 1. The van der Waals surface area contributed by atoms with Crippen LogP contribution in [-0.2, 0) is 25.7 Å².